The standard InChI is InChI=1S/C17H20N4/c1-10(14-8-11-5-6-12(14)7-11)21-15-4-2-3-13(9-18)16(15)20-17(21)19/h2-4,10-12,14H,5-8H2,1H3,(H2,19,20). The monoisotopic (exact) mass is 280 g/mol. The van der Waals surface area contributed by atoms with Crippen LogP contribution in [-0.2, 0) is 0 Å². The number of para-hydroxylation sites is 1. The molecule has 0 amide bonds. The van der Waals surface area contributed by atoms with Crippen LogP contribution < -0.4 is 5.73 Å². The molecule has 108 valence electrons. The van der Waals surface area contributed by atoms with E-state index in [0.29, 0.717) is 23.5 Å². The highest BCUT2D eigenvalue weighted by atomic mass is 15.2. The van der Waals surface area contributed by atoms with Gasteiger partial charge in [-0.15, -0.1) is 0 Å². The first-order valence-electron chi connectivity index (χ1n) is 7.85. The zero-order valence-corrected chi connectivity index (χ0v) is 12.3. The van der Waals surface area contributed by atoms with Gasteiger partial charge in [0.1, 0.15) is 11.6 Å². The molecule has 2 fully saturated rings. The molecule has 2 saturated carbocycles. The first-order chi connectivity index (χ1) is 10.2. The van der Waals surface area contributed by atoms with Crippen LogP contribution in [0.15, 0.2) is 18.2 Å². The molecule has 1 heterocycles. The van der Waals surface area contributed by atoms with E-state index in [1.165, 1.54) is 25.7 Å². The van der Waals surface area contributed by atoms with Crippen LogP contribution in [0.3, 0.4) is 0 Å². The molecule has 4 rings (SSSR count). The van der Waals surface area contributed by atoms with E-state index in [4.69, 9.17) is 5.73 Å². The van der Waals surface area contributed by atoms with Crippen LogP contribution >= 0.6 is 0 Å². The Balaban J connectivity index is 1.80. The summed E-state index contributed by atoms with van der Waals surface area (Å²) in [5, 5.41) is 9.23. The van der Waals surface area contributed by atoms with Crippen molar-refractivity contribution < 1.29 is 0 Å². The summed E-state index contributed by atoms with van der Waals surface area (Å²) in [6.45, 7) is 2.27. The minimum absolute atomic E-state index is 0.360. The highest BCUT2D eigenvalue weighted by Crippen LogP contribution is 2.52. The fourth-order valence-corrected chi connectivity index (χ4v) is 4.73. The molecule has 4 unspecified atom stereocenters. The Kier molecular flexibility index (Phi) is 2.72. The van der Waals surface area contributed by atoms with E-state index in [-0.39, 0.29) is 0 Å². The maximum Gasteiger partial charge on any atom is 0.201 e. The molecule has 2 N–H and O–H groups in total. The number of nitrogens with zero attached hydrogens (tertiary/aromatic N) is 3. The largest absolute Gasteiger partial charge is 0.369 e. The van der Waals surface area contributed by atoms with Gasteiger partial charge in [-0.2, -0.15) is 5.26 Å². The van der Waals surface area contributed by atoms with Crippen LogP contribution in [0.5, 0.6) is 0 Å². The smallest absolute Gasteiger partial charge is 0.201 e. The Morgan fingerprint density at radius 3 is 2.90 bits per heavy atom. The predicted molar refractivity (Wildman–Crippen MR) is 82.5 cm³/mol. The molecule has 4 atom stereocenters. The summed E-state index contributed by atoms with van der Waals surface area (Å²) in [5.41, 5.74) is 8.54. The summed E-state index contributed by atoms with van der Waals surface area (Å²) in [5.74, 6) is 3.02. The molecule has 1 aromatic carbocycles. The Bertz CT molecular complexity index is 739. The molecule has 2 bridgehead atoms. The first-order valence-corrected chi connectivity index (χ1v) is 7.85. The Morgan fingerprint density at radius 1 is 1.38 bits per heavy atom. The van der Waals surface area contributed by atoms with Crippen molar-refractivity contribution in [3.8, 4) is 6.07 Å². The van der Waals surface area contributed by atoms with Crippen molar-refractivity contribution >= 4 is 17.0 Å². The fraction of sp³-hybridized carbons (Fsp3) is 0.529. The lowest BCUT2D eigenvalue weighted by Crippen LogP contribution is -2.23. The van der Waals surface area contributed by atoms with Crippen molar-refractivity contribution in [1.29, 1.82) is 5.26 Å². The van der Waals surface area contributed by atoms with Crippen molar-refractivity contribution in [2.24, 2.45) is 17.8 Å². The minimum atomic E-state index is 0.360. The van der Waals surface area contributed by atoms with Gasteiger partial charge >= 0.3 is 0 Å². The number of nitriles is 1. The Labute approximate surface area is 124 Å². The van der Waals surface area contributed by atoms with Gasteiger partial charge in [0.25, 0.3) is 0 Å². The number of hydrogen-bond acceptors (Lipinski definition) is 3. The van der Waals surface area contributed by atoms with Gasteiger partial charge in [-0.25, -0.2) is 4.98 Å². The van der Waals surface area contributed by atoms with Gasteiger partial charge in [0.05, 0.1) is 11.1 Å². The lowest BCUT2D eigenvalue weighted by Gasteiger charge is -2.29. The van der Waals surface area contributed by atoms with Crippen LogP contribution in [-0.4, -0.2) is 9.55 Å². The summed E-state index contributed by atoms with van der Waals surface area (Å²) in [4.78, 5) is 4.46. The van der Waals surface area contributed by atoms with Crippen LogP contribution in [0.4, 0.5) is 5.95 Å². The third kappa shape index (κ3) is 1.77. The zero-order valence-electron chi connectivity index (χ0n) is 12.3. The maximum atomic E-state index is 9.23. The maximum absolute atomic E-state index is 9.23. The third-order valence-corrected chi connectivity index (χ3v) is 5.69. The number of aromatic nitrogens is 2. The van der Waals surface area contributed by atoms with Crippen LogP contribution in [0.25, 0.3) is 11.0 Å². The number of imidazole rings is 1. The van der Waals surface area contributed by atoms with Gasteiger partial charge < -0.3 is 10.3 Å². The Morgan fingerprint density at radius 2 is 2.24 bits per heavy atom. The average molecular weight is 280 g/mol. The van der Waals surface area contributed by atoms with E-state index in [1.807, 2.05) is 12.1 Å². The van der Waals surface area contributed by atoms with Gasteiger partial charge in [-0.1, -0.05) is 12.5 Å². The number of rotatable bonds is 2. The molecule has 2 aliphatic carbocycles. The van der Waals surface area contributed by atoms with Crippen molar-refractivity contribution in [1.82, 2.24) is 9.55 Å². The number of nitrogen functional groups attached to an aromatic ring is 1. The quantitative estimate of drug-likeness (QED) is 0.915. The van der Waals surface area contributed by atoms with Crippen LogP contribution in [0.2, 0.25) is 0 Å². The molecule has 2 aromatic rings. The van der Waals surface area contributed by atoms with Crippen molar-refractivity contribution in [2.75, 3.05) is 5.73 Å². The molecule has 0 radical (unpaired) electrons. The first kappa shape index (κ1) is 12.7. The zero-order chi connectivity index (χ0) is 14.6. The second-order valence-electron chi connectivity index (χ2n) is 6.70. The molecule has 0 spiro atoms. The molecule has 2 aliphatic rings. The number of fused-ring (bicyclic) bond motifs is 3. The van der Waals surface area contributed by atoms with Gasteiger partial charge in [0, 0.05) is 6.04 Å². The number of nitrogens with two attached hydrogens (primary N) is 1. The Hall–Kier alpha value is -2.02. The van der Waals surface area contributed by atoms with Gasteiger partial charge in [0.2, 0.25) is 5.95 Å². The topological polar surface area (TPSA) is 67.6 Å². The minimum Gasteiger partial charge on any atom is -0.369 e. The molecule has 21 heavy (non-hydrogen) atoms. The van der Waals surface area contributed by atoms with E-state index in [2.05, 4.69) is 22.5 Å². The number of anilines is 1. The molecule has 0 saturated heterocycles. The lowest BCUT2D eigenvalue weighted by atomic mass is 9.84. The SMILES string of the molecule is CC(C1CC2CCC1C2)n1c(N)nc2c(C#N)cccc21. The lowest BCUT2D eigenvalue weighted by molar-refractivity contribution is 0.248. The van der Waals surface area contributed by atoms with Gasteiger partial charge in [0.15, 0.2) is 0 Å². The highest BCUT2D eigenvalue weighted by Gasteiger charge is 2.42. The van der Waals surface area contributed by atoms with Crippen LogP contribution in [0.1, 0.15) is 44.2 Å². The van der Waals surface area contributed by atoms with Crippen LogP contribution in [0, 0.1) is 29.1 Å². The van der Waals surface area contributed by atoms with E-state index >= 15 is 0 Å². The summed E-state index contributed by atoms with van der Waals surface area (Å²) in [6.07, 6.45) is 5.50. The van der Waals surface area contributed by atoms with Gasteiger partial charge in [-0.3, -0.25) is 0 Å². The third-order valence-electron chi connectivity index (χ3n) is 5.69. The van der Waals surface area contributed by atoms with E-state index < -0.39 is 0 Å². The molecular formula is C17H20N4. The second-order valence-corrected chi connectivity index (χ2v) is 6.70. The summed E-state index contributed by atoms with van der Waals surface area (Å²) >= 11 is 0. The summed E-state index contributed by atoms with van der Waals surface area (Å²) in [7, 11) is 0. The predicted octanol–water partition coefficient (Wildman–Crippen LogP) is 3.49. The normalized spacial score (nSPS) is 28.9. The second kappa shape index (κ2) is 4.49. The van der Waals surface area contributed by atoms with Crippen molar-refractivity contribution in [2.45, 2.75) is 38.6 Å². The summed E-state index contributed by atoms with van der Waals surface area (Å²) < 4.78 is 2.15. The molecule has 1 aromatic heterocycles. The number of hydrogen-bond donors (Lipinski definition) is 1. The number of benzene rings is 1. The van der Waals surface area contributed by atoms with E-state index in [0.717, 1.165) is 22.9 Å². The van der Waals surface area contributed by atoms with E-state index in [1.54, 1.807) is 6.07 Å². The molecule has 4 nitrogen and oxygen atoms in total. The molecular weight excluding hydrogens is 260 g/mol. The van der Waals surface area contributed by atoms with Crippen molar-refractivity contribution in [3.05, 3.63) is 23.8 Å². The highest BCUT2D eigenvalue weighted by molar-refractivity contribution is 5.84. The van der Waals surface area contributed by atoms with Gasteiger partial charge in [-0.05, 0) is 56.1 Å². The van der Waals surface area contributed by atoms with E-state index in [9.17, 15) is 5.26 Å². The molecule has 4 heteroatoms. The molecule has 0 aliphatic heterocycles. The summed E-state index contributed by atoms with van der Waals surface area (Å²) in [6, 6.07) is 8.34. The van der Waals surface area contributed by atoms with Crippen molar-refractivity contribution in [3.63, 3.8) is 0 Å². The fourth-order valence-electron chi connectivity index (χ4n) is 4.73. The average Bonchev–Trinajstić information content (AvgIpc) is 3.18.